The molecule has 26 heavy (non-hydrogen) atoms. The van der Waals surface area contributed by atoms with Crippen LogP contribution < -0.4 is 10.6 Å². The Balaban J connectivity index is 2.18. The molecule has 2 rings (SSSR count). The third kappa shape index (κ3) is 6.06. The van der Waals surface area contributed by atoms with Gasteiger partial charge in [0.25, 0.3) is 11.8 Å². The molecule has 0 bridgehead atoms. The van der Waals surface area contributed by atoms with Crippen LogP contribution in [0.4, 0.5) is 0 Å². The molecule has 0 spiro atoms. The van der Waals surface area contributed by atoms with Crippen LogP contribution in [0.2, 0.25) is 0 Å². The summed E-state index contributed by atoms with van der Waals surface area (Å²) in [5.41, 5.74) is 2.79. The Hall–Kier alpha value is -3.14. The number of nitrogens with one attached hydrogen (secondary N) is 2. The number of carbonyl (C=O) groups is 2. The normalized spacial score (nSPS) is 11.6. The van der Waals surface area contributed by atoms with Crippen LogP contribution >= 0.6 is 0 Å². The minimum atomic E-state index is -0.321. The van der Waals surface area contributed by atoms with Crippen LogP contribution in [-0.2, 0) is 4.79 Å². The van der Waals surface area contributed by atoms with Gasteiger partial charge in [-0.1, -0.05) is 60.2 Å². The Labute approximate surface area is 154 Å². The van der Waals surface area contributed by atoms with Crippen molar-refractivity contribution in [2.24, 2.45) is 0 Å². The van der Waals surface area contributed by atoms with Crippen molar-refractivity contribution in [3.8, 4) is 0 Å². The van der Waals surface area contributed by atoms with E-state index in [1.54, 1.807) is 24.3 Å². The van der Waals surface area contributed by atoms with E-state index in [0.29, 0.717) is 5.56 Å². The summed E-state index contributed by atoms with van der Waals surface area (Å²) < 4.78 is 0. The van der Waals surface area contributed by atoms with E-state index in [1.165, 1.54) is 0 Å². The van der Waals surface area contributed by atoms with E-state index >= 15 is 0 Å². The summed E-state index contributed by atoms with van der Waals surface area (Å²) in [6.45, 7) is 5.70. The highest BCUT2D eigenvalue weighted by Gasteiger charge is 2.14. The lowest BCUT2D eigenvalue weighted by Gasteiger charge is -2.12. The molecular weight excluding hydrogens is 324 g/mol. The molecule has 4 heteroatoms. The van der Waals surface area contributed by atoms with Gasteiger partial charge in [0, 0.05) is 11.6 Å². The van der Waals surface area contributed by atoms with Gasteiger partial charge in [0.1, 0.15) is 5.70 Å². The van der Waals surface area contributed by atoms with E-state index in [4.69, 9.17) is 0 Å². The summed E-state index contributed by atoms with van der Waals surface area (Å²) in [6, 6.07) is 16.9. The van der Waals surface area contributed by atoms with Crippen LogP contribution in [0.25, 0.3) is 6.08 Å². The molecule has 2 N–H and O–H groups in total. The molecule has 0 fully saturated rings. The van der Waals surface area contributed by atoms with Gasteiger partial charge >= 0.3 is 0 Å². The Morgan fingerprint density at radius 3 is 2.23 bits per heavy atom. The summed E-state index contributed by atoms with van der Waals surface area (Å²) in [6.07, 6.45) is 5.23. The van der Waals surface area contributed by atoms with E-state index in [9.17, 15) is 9.59 Å². The number of rotatable bonds is 6. The first-order chi connectivity index (χ1) is 12.5. The summed E-state index contributed by atoms with van der Waals surface area (Å²) in [4.78, 5) is 24.8. The SMILES string of the molecule is Cc1ccc(C(=O)N/C(=C/C=C/c2ccccc2)C(=O)NC(C)C)cc1. The van der Waals surface area contributed by atoms with E-state index < -0.39 is 0 Å². The summed E-state index contributed by atoms with van der Waals surface area (Å²) >= 11 is 0. The zero-order valence-electron chi connectivity index (χ0n) is 15.3. The van der Waals surface area contributed by atoms with Gasteiger partial charge in [0.15, 0.2) is 0 Å². The van der Waals surface area contributed by atoms with Gasteiger partial charge in [-0.05, 0) is 44.5 Å². The molecule has 2 aromatic rings. The van der Waals surface area contributed by atoms with Crippen molar-refractivity contribution in [2.75, 3.05) is 0 Å². The fourth-order valence-electron chi connectivity index (χ4n) is 2.23. The molecule has 0 radical (unpaired) electrons. The van der Waals surface area contributed by atoms with Crippen molar-refractivity contribution in [3.63, 3.8) is 0 Å². The molecule has 0 aliphatic carbocycles. The average molecular weight is 348 g/mol. The second-order valence-corrected chi connectivity index (χ2v) is 6.30. The summed E-state index contributed by atoms with van der Waals surface area (Å²) in [5.74, 6) is -0.638. The van der Waals surface area contributed by atoms with E-state index in [1.807, 2.05) is 69.3 Å². The predicted octanol–water partition coefficient (Wildman–Crippen LogP) is 3.85. The molecule has 2 amide bonds. The van der Waals surface area contributed by atoms with E-state index in [0.717, 1.165) is 11.1 Å². The first-order valence-electron chi connectivity index (χ1n) is 8.58. The molecular formula is C22H24N2O2. The topological polar surface area (TPSA) is 58.2 Å². The second kappa shape index (κ2) is 9.37. The van der Waals surface area contributed by atoms with Crippen LogP contribution in [0.15, 0.2) is 72.4 Å². The zero-order chi connectivity index (χ0) is 18.9. The smallest absolute Gasteiger partial charge is 0.267 e. The van der Waals surface area contributed by atoms with Crippen LogP contribution in [0.5, 0.6) is 0 Å². The molecule has 0 unspecified atom stereocenters. The number of hydrogen-bond donors (Lipinski definition) is 2. The second-order valence-electron chi connectivity index (χ2n) is 6.30. The average Bonchev–Trinajstić information content (AvgIpc) is 2.61. The quantitative estimate of drug-likeness (QED) is 0.615. The molecule has 0 saturated carbocycles. The number of hydrogen-bond acceptors (Lipinski definition) is 2. The molecule has 0 atom stereocenters. The van der Waals surface area contributed by atoms with Crippen LogP contribution in [0, 0.1) is 6.92 Å². The zero-order valence-corrected chi connectivity index (χ0v) is 15.3. The van der Waals surface area contributed by atoms with Crippen molar-refractivity contribution < 1.29 is 9.59 Å². The standard InChI is InChI=1S/C22H24N2O2/c1-16(2)23-22(26)20(11-7-10-18-8-5-4-6-9-18)24-21(25)19-14-12-17(3)13-15-19/h4-16H,1-3H3,(H,23,26)(H,24,25)/b10-7+,20-11+. The molecule has 0 saturated heterocycles. The van der Waals surface area contributed by atoms with Crippen molar-refractivity contribution in [1.82, 2.24) is 10.6 Å². The Bertz CT molecular complexity index is 804. The molecule has 0 aromatic heterocycles. The number of carbonyl (C=O) groups excluding carboxylic acids is 2. The van der Waals surface area contributed by atoms with Crippen molar-refractivity contribution >= 4 is 17.9 Å². The third-order valence-corrected chi connectivity index (χ3v) is 3.58. The molecule has 0 heterocycles. The highest BCUT2D eigenvalue weighted by atomic mass is 16.2. The van der Waals surface area contributed by atoms with Crippen molar-refractivity contribution in [3.05, 3.63) is 89.1 Å². The Morgan fingerprint density at radius 1 is 0.962 bits per heavy atom. The van der Waals surface area contributed by atoms with Gasteiger partial charge in [0.05, 0.1) is 0 Å². The van der Waals surface area contributed by atoms with Crippen LogP contribution in [0.1, 0.15) is 35.3 Å². The molecule has 2 aromatic carbocycles. The maximum Gasteiger partial charge on any atom is 0.267 e. The maximum absolute atomic E-state index is 12.4. The third-order valence-electron chi connectivity index (χ3n) is 3.58. The van der Waals surface area contributed by atoms with Crippen molar-refractivity contribution in [1.29, 1.82) is 0 Å². The summed E-state index contributed by atoms with van der Waals surface area (Å²) in [5, 5.41) is 5.50. The molecule has 0 aliphatic rings. The highest BCUT2D eigenvalue weighted by Crippen LogP contribution is 2.06. The molecule has 4 nitrogen and oxygen atoms in total. The lowest BCUT2D eigenvalue weighted by molar-refractivity contribution is -0.118. The molecule has 134 valence electrons. The van der Waals surface area contributed by atoms with Gasteiger partial charge in [-0.2, -0.15) is 0 Å². The lowest BCUT2D eigenvalue weighted by atomic mass is 10.1. The Kier molecular flexibility index (Phi) is 6.92. The molecule has 0 aliphatic heterocycles. The van der Waals surface area contributed by atoms with Crippen LogP contribution in [-0.4, -0.2) is 17.9 Å². The highest BCUT2D eigenvalue weighted by molar-refractivity contribution is 6.03. The Morgan fingerprint density at radius 2 is 1.62 bits per heavy atom. The van der Waals surface area contributed by atoms with Crippen LogP contribution in [0.3, 0.4) is 0 Å². The lowest BCUT2D eigenvalue weighted by Crippen LogP contribution is -2.38. The van der Waals surface area contributed by atoms with E-state index in [-0.39, 0.29) is 23.6 Å². The summed E-state index contributed by atoms with van der Waals surface area (Å²) in [7, 11) is 0. The van der Waals surface area contributed by atoms with Gasteiger partial charge in [-0.25, -0.2) is 0 Å². The fraction of sp³-hybridized carbons (Fsp3) is 0.182. The fourth-order valence-corrected chi connectivity index (χ4v) is 2.23. The largest absolute Gasteiger partial charge is 0.349 e. The monoisotopic (exact) mass is 348 g/mol. The van der Waals surface area contributed by atoms with Gasteiger partial charge in [-0.15, -0.1) is 0 Å². The first-order valence-corrected chi connectivity index (χ1v) is 8.58. The van der Waals surface area contributed by atoms with Gasteiger partial charge < -0.3 is 10.6 Å². The van der Waals surface area contributed by atoms with Gasteiger partial charge in [-0.3, -0.25) is 9.59 Å². The minimum Gasteiger partial charge on any atom is -0.349 e. The number of aryl methyl sites for hydroxylation is 1. The first kappa shape index (κ1) is 19.2. The minimum absolute atomic E-state index is 0.0275. The number of benzene rings is 2. The maximum atomic E-state index is 12.4. The van der Waals surface area contributed by atoms with E-state index in [2.05, 4.69) is 10.6 Å². The number of allylic oxidation sites excluding steroid dienone is 2. The van der Waals surface area contributed by atoms with Crippen molar-refractivity contribution in [2.45, 2.75) is 26.8 Å². The predicted molar refractivity (Wildman–Crippen MR) is 105 cm³/mol. The van der Waals surface area contributed by atoms with Gasteiger partial charge in [0.2, 0.25) is 0 Å². The number of amides is 2.